The zero-order chi connectivity index (χ0) is 21.1. The molecule has 1 saturated heterocycles. The van der Waals surface area contributed by atoms with Crippen molar-refractivity contribution in [2.24, 2.45) is 0 Å². The second kappa shape index (κ2) is 8.41. The van der Waals surface area contributed by atoms with Gasteiger partial charge in [0.1, 0.15) is 11.8 Å². The van der Waals surface area contributed by atoms with Crippen molar-refractivity contribution in [3.8, 4) is 16.9 Å². The molecule has 0 aromatic heterocycles. The first kappa shape index (κ1) is 19.7. The Morgan fingerprint density at radius 2 is 1.57 bits per heavy atom. The molecule has 3 aromatic rings. The maximum atomic E-state index is 13.4. The fraction of sp³-hybridized carbons (Fsp3) is 0.200. The summed E-state index contributed by atoms with van der Waals surface area (Å²) in [5.74, 6) is -0.473. The Balaban J connectivity index is 1.65. The lowest BCUT2D eigenvalue weighted by molar-refractivity contribution is -0.141. The summed E-state index contributed by atoms with van der Waals surface area (Å²) in [5, 5.41) is 9.69. The van der Waals surface area contributed by atoms with E-state index in [2.05, 4.69) is 0 Å². The van der Waals surface area contributed by atoms with E-state index in [9.17, 15) is 14.7 Å². The van der Waals surface area contributed by atoms with E-state index in [1.54, 1.807) is 19.2 Å². The van der Waals surface area contributed by atoms with Crippen molar-refractivity contribution in [3.05, 3.63) is 90.0 Å². The molecule has 4 rings (SSSR count). The first-order valence-corrected chi connectivity index (χ1v) is 9.94. The molecule has 0 spiro atoms. The molecule has 5 heteroatoms. The highest BCUT2D eigenvalue weighted by atomic mass is 16.5. The highest BCUT2D eigenvalue weighted by molar-refractivity contribution is 5.97. The van der Waals surface area contributed by atoms with Crippen molar-refractivity contribution in [2.45, 2.75) is 24.9 Å². The van der Waals surface area contributed by atoms with Gasteiger partial charge in [-0.15, -0.1) is 0 Å². The SMILES string of the molecule is COc1ccccc1-c1ccc(C(=O)N2C(C(=O)O)CCC2c2ccccc2)cc1. The predicted octanol–water partition coefficient (Wildman–Crippen LogP) is 4.79. The predicted molar refractivity (Wildman–Crippen MR) is 114 cm³/mol. The third kappa shape index (κ3) is 3.66. The summed E-state index contributed by atoms with van der Waals surface area (Å²) in [6.45, 7) is 0. The normalized spacial score (nSPS) is 18.2. The molecule has 0 aliphatic carbocycles. The van der Waals surface area contributed by atoms with Crippen LogP contribution in [0.15, 0.2) is 78.9 Å². The molecule has 0 bridgehead atoms. The standard InChI is InChI=1S/C25H23NO4/c1-30-23-10-6-5-9-20(23)17-11-13-19(14-12-17)24(27)26-21(15-16-22(26)25(28)29)18-7-3-2-4-8-18/h2-14,21-22H,15-16H2,1H3,(H,28,29). The molecule has 1 aliphatic heterocycles. The van der Waals surface area contributed by atoms with Crippen molar-refractivity contribution >= 4 is 11.9 Å². The molecule has 30 heavy (non-hydrogen) atoms. The Morgan fingerprint density at radius 1 is 0.900 bits per heavy atom. The molecular weight excluding hydrogens is 378 g/mol. The summed E-state index contributed by atoms with van der Waals surface area (Å²) in [5.41, 5.74) is 3.30. The van der Waals surface area contributed by atoms with Crippen LogP contribution in [0.5, 0.6) is 5.75 Å². The van der Waals surface area contributed by atoms with Gasteiger partial charge < -0.3 is 14.7 Å². The zero-order valence-corrected chi connectivity index (χ0v) is 16.7. The fourth-order valence-corrected chi connectivity index (χ4v) is 4.16. The van der Waals surface area contributed by atoms with Gasteiger partial charge in [0.25, 0.3) is 5.91 Å². The molecule has 152 valence electrons. The second-order valence-electron chi connectivity index (χ2n) is 7.35. The molecule has 3 aromatic carbocycles. The number of methoxy groups -OCH3 is 1. The van der Waals surface area contributed by atoms with Crippen LogP contribution in [-0.4, -0.2) is 35.0 Å². The first-order chi connectivity index (χ1) is 14.6. The molecule has 1 aliphatic rings. The number of amides is 1. The molecule has 2 unspecified atom stereocenters. The quantitative estimate of drug-likeness (QED) is 0.667. The number of carboxylic acids is 1. The molecule has 0 saturated carbocycles. The minimum Gasteiger partial charge on any atom is -0.496 e. The molecule has 2 atom stereocenters. The number of para-hydroxylation sites is 1. The number of rotatable bonds is 5. The fourth-order valence-electron chi connectivity index (χ4n) is 4.16. The first-order valence-electron chi connectivity index (χ1n) is 9.94. The van der Waals surface area contributed by atoms with E-state index in [1.807, 2.05) is 66.7 Å². The van der Waals surface area contributed by atoms with E-state index < -0.39 is 12.0 Å². The second-order valence-corrected chi connectivity index (χ2v) is 7.35. The Bertz CT molecular complexity index is 1050. The number of carboxylic acid groups (broad SMARTS) is 1. The van der Waals surface area contributed by atoms with Gasteiger partial charge in [-0.05, 0) is 42.2 Å². The van der Waals surface area contributed by atoms with Gasteiger partial charge in [0.05, 0.1) is 13.2 Å². The molecule has 0 radical (unpaired) electrons. The number of likely N-dealkylation sites (tertiary alicyclic amines) is 1. The number of carbonyl (C=O) groups excluding carboxylic acids is 1. The summed E-state index contributed by atoms with van der Waals surface area (Å²) < 4.78 is 5.42. The van der Waals surface area contributed by atoms with E-state index in [0.717, 1.165) is 22.4 Å². The van der Waals surface area contributed by atoms with Crippen LogP contribution < -0.4 is 4.74 Å². The van der Waals surface area contributed by atoms with Crippen LogP contribution in [0.4, 0.5) is 0 Å². The summed E-state index contributed by atoms with van der Waals surface area (Å²) in [6, 6.07) is 23.5. The van der Waals surface area contributed by atoms with E-state index >= 15 is 0 Å². The van der Waals surface area contributed by atoms with E-state index in [-0.39, 0.29) is 11.9 Å². The van der Waals surface area contributed by atoms with Crippen molar-refractivity contribution in [1.82, 2.24) is 4.90 Å². The Morgan fingerprint density at radius 3 is 2.23 bits per heavy atom. The third-order valence-corrected chi connectivity index (χ3v) is 5.64. The number of carbonyl (C=O) groups is 2. The molecule has 1 heterocycles. The van der Waals surface area contributed by atoms with Crippen molar-refractivity contribution in [2.75, 3.05) is 7.11 Å². The smallest absolute Gasteiger partial charge is 0.326 e. The Labute approximate surface area is 175 Å². The summed E-state index contributed by atoms with van der Waals surface area (Å²) in [7, 11) is 1.62. The van der Waals surface area contributed by atoms with Crippen LogP contribution in [0.3, 0.4) is 0 Å². The number of hydrogen-bond donors (Lipinski definition) is 1. The van der Waals surface area contributed by atoms with Crippen molar-refractivity contribution in [1.29, 1.82) is 0 Å². The highest BCUT2D eigenvalue weighted by Gasteiger charge is 2.41. The topological polar surface area (TPSA) is 66.8 Å². The van der Waals surface area contributed by atoms with Gasteiger partial charge in [0, 0.05) is 11.1 Å². The van der Waals surface area contributed by atoms with Crippen LogP contribution in [-0.2, 0) is 4.79 Å². The van der Waals surface area contributed by atoms with Crippen molar-refractivity contribution in [3.63, 3.8) is 0 Å². The van der Waals surface area contributed by atoms with E-state index in [4.69, 9.17) is 4.74 Å². The van der Waals surface area contributed by atoms with Crippen LogP contribution in [0.2, 0.25) is 0 Å². The van der Waals surface area contributed by atoms with Gasteiger partial charge in [-0.2, -0.15) is 0 Å². The van der Waals surface area contributed by atoms with Crippen LogP contribution >= 0.6 is 0 Å². The minimum atomic E-state index is -0.965. The van der Waals surface area contributed by atoms with Gasteiger partial charge in [0.2, 0.25) is 0 Å². The summed E-state index contributed by atoms with van der Waals surface area (Å²) in [4.78, 5) is 26.7. The Kier molecular flexibility index (Phi) is 5.53. The molecular formula is C25H23NO4. The molecule has 5 nitrogen and oxygen atoms in total. The lowest BCUT2D eigenvalue weighted by Crippen LogP contribution is -2.41. The molecule has 1 fully saturated rings. The van der Waals surface area contributed by atoms with Gasteiger partial charge in [-0.25, -0.2) is 4.79 Å². The van der Waals surface area contributed by atoms with E-state index in [1.165, 1.54) is 4.90 Å². The number of ether oxygens (including phenoxy) is 1. The lowest BCUT2D eigenvalue weighted by atomic mass is 10.0. The highest BCUT2D eigenvalue weighted by Crippen LogP contribution is 2.38. The number of nitrogens with zero attached hydrogens (tertiary/aromatic N) is 1. The van der Waals surface area contributed by atoms with Crippen LogP contribution in [0, 0.1) is 0 Å². The van der Waals surface area contributed by atoms with Gasteiger partial charge >= 0.3 is 5.97 Å². The van der Waals surface area contributed by atoms with E-state index in [0.29, 0.717) is 18.4 Å². The number of benzene rings is 3. The maximum Gasteiger partial charge on any atom is 0.326 e. The molecule has 1 N–H and O–H groups in total. The minimum absolute atomic E-state index is 0.242. The molecule has 1 amide bonds. The zero-order valence-electron chi connectivity index (χ0n) is 16.7. The van der Waals surface area contributed by atoms with Gasteiger partial charge in [0.15, 0.2) is 0 Å². The number of hydrogen-bond acceptors (Lipinski definition) is 3. The lowest BCUT2D eigenvalue weighted by Gasteiger charge is -2.29. The Hall–Kier alpha value is -3.60. The summed E-state index contributed by atoms with van der Waals surface area (Å²) >= 11 is 0. The average Bonchev–Trinajstić information content (AvgIpc) is 3.25. The third-order valence-electron chi connectivity index (χ3n) is 5.64. The maximum absolute atomic E-state index is 13.4. The monoisotopic (exact) mass is 401 g/mol. The average molecular weight is 401 g/mol. The van der Waals surface area contributed by atoms with Gasteiger partial charge in [-0.3, -0.25) is 4.79 Å². The van der Waals surface area contributed by atoms with Crippen LogP contribution in [0.1, 0.15) is 34.8 Å². The van der Waals surface area contributed by atoms with Crippen LogP contribution in [0.25, 0.3) is 11.1 Å². The number of aliphatic carboxylic acids is 1. The summed E-state index contributed by atoms with van der Waals surface area (Å²) in [6.07, 6.45) is 1.08. The largest absolute Gasteiger partial charge is 0.496 e. The van der Waals surface area contributed by atoms with Crippen molar-refractivity contribution < 1.29 is 19.4 Å². The van der Waals surface area contributed by atoms with Gasteiger partial charge in [-0.1, -0.05) is 60.7 Å².